The highest BCUT2D eigenvalue weighted by Crippen LogP contribution is 2.37. The highest BCUT2D eigenvalue weighted by Gasteiger charge is 2.20. The van der Waals surface area contributed by atoms with Crippen LogP contribution in [-0.4, -0.2) is 29.6 Å². The summed E-state index contributed by atoms with van der Waals surface area (Å²) in [7, 11) is 0. The third-order valence-corrected chi connectivity index (χ3v) is 4.43. The predicted molar refractivity (Wildman–Crippen MR) is 97.2 cm³/mol. The van der Waals surface area contributed by atoms with Crippen LogP contribution in [0.25, 0.3) is 11.1 Å². The molecule has 2 aromatic carbocycles. The van der Waals surface area contributed by atoms with Crippen LogP contribution in [-0.2, 0) is 16.0 Å². The third-order valence-electron chi connectivity index (χ3n) is 4.43. The summed E-state index contributed by atoms with van der Waals surface area (Å²) in [5.41, 5.74) is 5.45. The number of fused-ring (bicyclic) bond motifs is 3. The molecule has 0 heterocycles. The highest BCUT2D eigenvalue weighted by molar-refractivity contribution is 6.39. The van der Waals surface area contributed by atoms with Gasteiger partial charge in [0.1, 0.15) is 0 Å². The number of benzene rings is 2. The molecule has 0 saturated heterocycles. The molecule has 0 fully saturated rings. The molecule has 3 N–H and O–H groups in total. The number of amides is 2. The van der Waals surface area contributed by atoms with Crippen LogP contribution in [0, 0.1) is 0 Å². The quantitative estimate of drug-likeness (QED) is 0.625. The van der Waals surface area contributed by atoms with Crippen LogP contribution >= 0.6 is 0 Å². The van der Waals surface area contributed by atoms with Gasteiger partial charge in [-0.3, -0.25) is 9.59 Å². The molecule has 0 bridgehead atoms. The Morgan fingerprint density at radius 2 is 1.84 bits per heavy atom. The highest BCUT2D eigenvalue weighted by atomic mass is 16.3. The fourth-order valence-corrected chi connectivity index (χ4v) is 3.17. The molecule has 2 amide bonds. The molecule has 1 aliphatic rings. The first-order valence-electron chi connectivity index (χ1n) is 8.52. The van der Waals surface area contributed by atoms with Crippen molar-refractivity contribution >= 4 is 17.5 Å². The molecule has 3 rings (SSSR count). The molecule has 5 heteroatoms. The van der Waals surface area contributed by atoms with Gasteiger partial charge in [0.25, 0.3) is 0 Å². The van der Waals surface area contributed by atoms with E-state index in [1.807, 2.05) is 37.3 Å². The van der Waals surface area contributed by atoms with Crippen LogP contribution in [0.2, 0.25) is 0 Å². The van der Waals surface area contributed by atoms with Crippen LogP contribution in [0.1, 0.15) is 30.9 Å². The lowest BCUT2D eigenvalue weighted by Crippen LogP contribution is -2.40. The number of carbonyl (C=O) groups excluding carboxylic acids is 2. The van der Waals surface area contributed by atoms with Crippen molar-refractivity contribution in [1.29, 1.82) is 0 Å². The summed E-state index contributed by atoms with van der Waals surface area (Å²) < 4.78 is 0. The number of nitrogens with one attached hydrogen (secondary N) is 2. The smallest absolute Gasteiger partial charge is 0.313 e. The minimum Gasteiger partial charge on any atom is -0.396 e. The minimum atomic E-state index is -0.675. The third kappa shape index (κ3) is 3.88. The zero-order valence-electron chi connectivity index (χ0n) is 14.2. The Balaban J connectivity index is 1.63. The van der Waals surface area contributed by atoms with Crippen LogP contribution in [0.3, 0.4) is 0 Å². The van der Waals surface area contributed by atoms with Gasteiger partial charge in [0.2, 0.25) is 0 Å². The zero-order chi connectivity index (χ0) is 17.8. The van der Waals surface area contributed by atoms with E-state index < -0.39 is 11.8 Å². The summed E-state index contributed by atoms with van der Waals surface area (Å²) in [6, 6.07) is 13.8. The largest absolute Gasteiger partial charge is 0.396 e. The van der Waals surface area contributed by atoms with Gasteiger partial charge in [0.05, 0.1) is 0 Å². The number of aliphatic hydroxyl groups excluding tert-OH is 1. The molecular weight excluding hydrogens is 316 g/mol. The van der Waals surface area contributed by atoms with Crippen LogP contribution in [0.4, 0.5) is 5.69 Å². The fraction of sp³-hybridized carbons (Fsp3) is 0.300. The lowest BCUT2D eigenvalue weighted by molar-refractivity contribution is -0.136. The average Bonchev–Trinajstić information content (AvgIpc) is 2.97. The monoisotopic (exact) mass is 338 g/mol. The molecule has 0 radical (unpaired) electrons. The second-order valence-corrected chi connectivity index (χ2v) is 6.40. The van der Waals surface area contributed by atoms with Crippen molar-refractivity contribution in [1.82, 2.24) is 5.32 Å². The molecule has 0 spiro atoms. The molecule has 1 aliphatic carbocycles. The van der Waals surface area contributed by atoms with Crippen molar-refractivity contribution in [2.75, 3.05) is 11.9 Å². The second kappa shape index (κ2) is 7.49. The predicted octanol–water partition coefficient (Wildman–Crippen LogP) is 2.47. The molecule has 0 aliphatic heterocycles. The van der Waals surface area contributed by atoms with Crippen LogP contribution in [0.5, 0.6) is 0 Å². The first-order chi connectivity index (χ1) is 12.1. The normalized spacial score (nSPS) is 12.9. The standard InChI is InChI=1S/C20H22N2O3/c1-13(5-4-10-23)21-19(24)20(25)22-16-8-9-18-15(12-16)11-14-6-2-3-7-17(14)18/h2-3,6-9,12-13,23H,4-5,10-11H2,1H3,(H,21,24)(H,22,25). The Labute approximate surface area is 147 Å². The Kier molecular flexibility index (Phi) is 5.14. The molecule has 0 saturated carbocycles. The van der Waals surface area contributed by atoms with Crippen molar-refractivity contribution in [2.24, 2.45) is 0 Å². The first-order valence-corrected chi connectivity index (χ1v) is 8.52. The average molecular weight is 338 g/mol. The maximum Gasteiger partial charge on any atom is 0.313 e. The fourth-order valence-electron chi connectivity index (χ4n) is 3.17. The maximum atomic E-state index is 12.1. The van der Waals surface area contributed by atoms with Gasteiger partial charge in [0, 0.05) is 18.3 Å². The van der Waals surface area contributed by atoms with E-state index >= 15 is 0 Å². The SMILES string of the molecule is CC(CCCO)NC(=O)C(=O)Nc1ccc2c(c1)Cc1ccccc1-2. The van der Waals surface area contributed by atoms with E-state index in [2.05, 4.69) is 22.8 Å². The van der Waals surface area contributed by atoms with Crippen molar-refractivity contribution in [2.45, 2.75) is 32.2 Å². The van der Waals surface area contributed by atoms with E-state index in [1.165, 1.54) is 16.7 Å². The van der Waals surface area contributed by atoms with Gasteiger partial charge in [-0.15, -0.1) is 0 Å². The summed E-state index contributed by atoms with van der Waals surface area (Å²) in [5.74, 6) is -1.33. The van der Waals surface area contributed by atoms with E-state index in [0.29, 0.717) is 18.5 Å². The molecule has 1 unspecified atom stereocenters. The zero-order valence-corrected chi connectivity index (χ0v) is 14.2. The Hall–Kier alpha value is -2.66. The molecule has 0 aromatic heterocycles. The molecule has 1 atom stereocenters. The van der Waals surface area contributed by atoms with Gasteiger partial charge in [-0.25, -0.2) is 0 Å². The summed E-state index contributed by atoms with van der Waals surface area (Å²) in [5, 5.41) is 14.1. The van der Waals surface area contributed by atoms with Gasteiger partial charge < -0.3 is 15.7 Å². The number of hydrogen-bond acceptors (Lipinski definition) is 3. The number of anilines is 1. The van der Waals surface area contributed by atoms with Crippen molar-refractivity contribution in [3.05, 3.63) is 53.6 Å². The van der Waals surface area contributed by atoms with E-state index in [-0.39, 0.29) is 12.6 Å². The summed E-state index contributed by atoms with van der Waals surface area (Å²) in [4.78, 5) is 24.0. The van der Waals surface area contributed by atoms with Gasteiger partial charge in [-0.2, -0.15) is 0 Å². The van der Waals surface area contributed by atoms with Gasteiger partial charge >= 0.3 is 11.8 Å². The lowest BCUT2D eigenvalue weighted by Gasteiger charge is -2.13. The van der Waals surface area contributed by atoms with Crippen molar-refractivity contribution in [3.63, 3.8) is 0 Å². The molecule has 2 aromatic rings. The minimum absolute atomic E-state index is 0.0733. The van der Waals surface area contributed by atoms with Crippen LogP contribution in [0.15, 0.2) is 42.5 Å². The number of rotatable bonds is 5. The van der Waals surface area contributed by atoms with Crippen LogP contribution < -0.4 is 10.6 Å². The molecule has 130 valence electrons. The van der Waals surface area contributed by atoms with E-state index in [1.54, 1.807) is 0 Å². The molecule has 25 heavy (non-hydrogen) atoms. The maximum absolute atomic E-state index is 12.1. The second-order valence-electron chi connectivity index (χ2n) is 6.40. The van der Waals surface area contributed by atoms with Gasteiger partial charge in [-0.05, 0) is 60.6 Å². The Morgan fingerprint density at radius 1 is 1.08 bits per heavy atom. The number of aliphatic hydroxyl groups is 1. The van der Waals surface area contributed by atoms with Crippen molar-refractivity contribution < 1.29 is 14.7 Å². The van der Waals surface area contributed by atoms with Gasteiger partial charge in [-0.1, -0.05) is 30.3 Å². The topological polar surface area (TPSA) is 78.4 Å². The summed E-state index contributed by atoms with van der Waals surface area (Å²) in [6.45, 7) is 1.89. The first kappa shape index (κ1) is 17.2. The lowest BCUT2D eigenvalue weighted by atomic mass is 10.1. The van der Waals surface area contributed by atoms with E-state index in [9.17, 15) is 9.59 Å². The van der Waals surface area contributed by atoms with Gasteiger partial charge in [0.15, 0.2) is 0 Å². The molecular formula is C20H22N2O3. The van der Waals surface area contributed by atoms with E-state index in [0.717, 1.165) is 12.0 Å². The van der Waals surface area contributed by atoms with E-state index in [4.69, 9.17) is 5.11 Å². The summed E-state index contributed by atoms with van der Waals surface area (Å²) in [6.07, 6.45) is 2.06. The summed E-state index contributed by atoms with van der Waals surface area (Å²) >= 11 is 0. The Morgan fingerprint density at radius 3 is 2.64 bits per heavy atom. The Bertz CT molecular complexity index is 801. The number of carbonyl (C=O) groups is 2. The number of hydrogen-bond donors (Lipinski definition) is 3. The molecule has 5 nitrogen and oxygen atoms in total. The van der Waals surface area contributed by atoms with Crippen molar-refractivity contribution in [3.8, 4) is 11.1 Å².